The standard InChI is InChI=1S/C18H19N5O3/c1-12-19-20-16-11-23(15(18(25)26)10-22(12)16)17(24)7-9-21-8-6-13-4-2-3-5-14(13)21/h2-6,8,15H,7,9-11H2,1H3,(H,25,26). The van der Waals surface area contributed by atoms with Crippen molar-refractivity contribution in [2.45, 2.75) is 39.0 Å². The predicted octanol–water partition coefficient (Wildman–Crippen LogP) is 1.43. The molecule has 134 valence electrons. The van der Waals surface area contributed by atoms with E-state index in [1.54, 1.807) is 11.5 Å². The summed E-state index contributed by atoms with van der Waals surface area (Å²) in [6, 6.07) is 9.07. The van der Waals surface area contributed by atoms with E-state index >= 15 is 0 Å². The first-order valence-electron chi connectivity index (χ1n) is 8.49. The average Bonchev–Trinajstić information content (AvgIpc) is 3.22. The lowest BCUT2D eigenvalue weighted by Gasteiger charge is -2.33. The highest BCUT2D eigenvalue weighted by Crippen LogP contribution is 2.20. The summed E-state index contributed by atoms with van der Waals surface area (Å²) < 4.78 is 3.78. The first kappa shape index (κ1) is 16.3. The predicted molar refractivity (Wildman–Crippen MR) is 93.3 cm³/mol. The zero-order valence-electron chi connectivity index (χ0n) is 14.4. The summed E-state index contributed by atoms with van der Waals surface area (Å²) in [5.41, 5.74) is 1.06. The van der Waals surface area contributed by atoms with E-state index in [0.29, 0.717) is 18.2 Å². The summed E-state index contributed by atoms with van der Waals surface area (Å²) in [7, 11) is 0. The molecule has 1 amide bonds. The fourth-order valence-electron chi connectivity index (χ4n) is 3.48. The molecule has 0 aliphatic carbocycles. The fourth-order valence-corrected chi connectivity index (χ4v) is 3.48. The Labute approximate surface area is 149 Å². The molecule has 4 rings (SSSR count). The Balaban J connectivity index is 1.52. The molecule has 2 aromatic heterocycles. The van der Waals surface area contributed by atoms with Gasteiger partial charge in [-0.3, -0.25) is 4.79 Å². The number of aromatic nitrogens is 4. The van der Waals surface area contributed by atoms with Gasteiger partial charge in [0.05, 0.1) is 13.1 Å². The smallest absolute Gasteiger partial charge is 0.328 e. The normalized spacial score (nSPS) is 16.7. The third-order valence-corrected chi connectivity index (χ3v) is 4.91. The number of para-hydroxylation sites is 1. The molecule has 1 aliphatic heterocycles. The highest BCUT2D eigenvalue weighted by molar-refractivity contribution is 5.84. The molecule has 26 heavy (non-hydrogen) atoms. The number of fused-ring (bicyclic) bond motifs is 2. The van der Waals surface area contributed by atoms with Crippen LogP contribution in [0, 0.1) is 6.92 Å². The van der Waals surface area contributed by atoms with Crippen LogP contribution in [0.3, 0.4) is 0 Å². The maximum atomic E-state index is 12.8. The highest BCUT2D eigenvalue weighted by Gasteiger charge is 2.36. The number of rotatable bonds is 4. The van der Waals surface area contributed by atoms with Crippen LogP contribution in [0.25, 0.3) is 10.9 Å². The van der Waals surface area contributed by atoms with Crippen molar-refractivity contribution in [1.82, 2.24) is 24.2 Å². The fraction of sp³-hybridized carbons (Fsp3) is 0.333. The Morgan fingerprint density at radius 1 is 1.23 bits per heavy atom. The monoisotopic (exact) mass is 353 g/mol. The number of carbonyl (C=O) groups is 2. The van der Waals surface area contributed by atoms with E-state index in [-0.39, 0.29) is 25.4 Å². The van der Waals surface area contributed by atoms with Crippen molar-refractivity contribution >= 4 is 22.8 Å². The molecular formula is C18H19N5O3. The zero-order valence-corrected chi connectivity index (χ0v) is 14.4. The van der Waals surface area contributed by atoms with E-state index in [9.17, 15) is 14.7 Å². The Kier molecular flexibility index (Phi) is 3.95. The van der Waals surface area contributed by atoms with E-state index in [0.717, 1.165) is 10.9 Å². The van der Waals surface area contributed by atoms with Gasteiger partial charge >= 0.3 is 5.97 Å². The molecule has 3 heterocycles. The molecule has 0 radical (unpaired) electrons. The first-order chi connectivity index (χ1) is 12.5. The van der Waals surface area contributed by atoms with Crippen LogP contribution in [0.4, 0.5) is 0 Å². The molecular weight excluding hydrogens is 334 g/mol. The van der Waals surface area contributed by atoms with Crippen LogP contribution in [-0.2, 0) is 29.2 Å². The number of amides is 1. The number of hydrogen-bond donors (Lipinski definition) is 1. The van der Waals surface area contributed by atoms with Gasteiger partial charge in [0.2, 0.25) is 5.91 Å². The molecule has 0 bridgehead atoms. The average molecular weight is 353 g/mol. The van der Waals surface area contributed by atoms with Gasteiger partial charge in [-0.2, -0.15) is 0 Å². The Hall–Kier alpha value is -3.16. The number of nitrogens with zero attached hydrogens (tertiary/aromatic N) is 5. The molecule has 0 saturated heterocycles. The van der Waals surface area contributed by atoms with Crippen LogP contribution in [0.5, 0.6) is 0 Å². The van der Waals surface area contributed by atoms with Gasteiger partial charge in [-0.15, -0.1) is 10.2 Å². The summed E-state index contributed by atoms with van der Waals surface area (Å²) in [5.74, 6) is 0.0857. The lowest BCUT2D eigenvalue weighted by atomic mass is 10.1. The van der Waals surface area contributed by atoms with E-state index < -0.39 is 12.0 Å². The van der Waals surface area contributed by atoms with E-state index in [1.807, 2.05) is 41.1 Å². The Bertz CT molecular complexity index is 990. The molecule has 1 unspecified atom stereocenters. The van der Waals surface area contributed by atoms with Crippen molar-refractivity contribution in [3.8, 4) is 0 Å². The Morgan fingerprint density at radius 2 is 2.04 bits per heavy atom. The van der Waals surface area contributed by atoms with Crippen LogP contribution in [0.15, 0.2) is 36.5 Å². The summed E-state index contributed by atoms with van der Waals surface area (Å²) in [4.78, 5) is 25.8. The highest BCUT2D eigenvalue weighted by atomic mass is 16.4. The molecule has 0 fully saturated rings. The van der Waals surface area contributed by atoms with Crippen LogP contribution < -0.4 is 0 Å². The Morgan fingerprint density at radius 3 is 2.85 bits per heavy atom. The lowest BCUT2D eigenvalue weighted by molar-refractivity contribution is -0.152. The SMILES string of the molecule is Cc1nnc2n1CC(C(=O)O)N(C(=O)CCn1ccc3ccccc31)C2. The molecule has 1 N–H and O–H groups in total. The number of aliphatic carboxylic acids is 1. The van der Waals surface area contributed by atoms with E-state index in [1.165, 1.54) is 4.90 Å². The van der Waals surface area contributed by atoms with Crippen molar-refractivity contribution in [1.29, 1.82) is 0 Å². The van der Waals surface area contributed by atoms with Crippen LogP contribution in [0.2, 0.25) is 0 Å². The van der Waals surface area contributed by atoms with Gasteiger partial charge in [0, 0.05) is 24.7 Å². The molecule has 1 aromatic carbocycles. The minimum atomic E-state index is -1.01. The van der Waals surface area contributed by atoms with Gasteiger partial charge < -0.3 is 19.1 Å². The number of benzene rings is 1. The van der Waals surface area contributed by atoms with E-state index in [4.69, 9.17) is 0 Å². The van der Waals surface area contributed by atoms with Gasteiger partial charge in [-0.25, -0.2) is 4.79 Å². The maximum absolute atomic E-state index is 12.8. The molecule has 0 saturated carbocycles. The second-order valence-electron chi connectivity index (χ2n) is 6.47. The van der Waals surface area contributed by atoms with Crippen molar-refractivity contribution in [3.05, 3.63) is 48.2 Å². The first-order valence-corrected chi connectivity index (χ1v) is 8.49. The second-order valence-corrected chi connectivity index (χ2v) is 6.47. The number of carbonyl (C=O) groups excluding carboxylic acids is 1. The molecule has 8 heteroatoms. The third-order valence-electron chi connectivity index (χ3n) is 4.91. The van der Waals surface area contributed by atoms with Crippen molar-refractivity contribution < 1.29 is 14.7 Å². The minimum absolute atomic E-state index is 0.170. The summed E-state index contributed by atoms with van der Waals surface area (Å²) in [6.07, 6.45) is 2.18. The van der Waals surface area contributed by atoms with Crippen LogP contribution in [-0.4, -0.2) is 47.3 Å². The molecule has 8 nitrogen and oxygen atoms in total. The van der Waals surface area contributed by atoms with Gasteiger partial charge in [0.15, 0.2) is 5.82 Å². The summed E-state index contributed by atoms with van der Waals surface area (Å²) in [6.45, 7) is 2.63. The van der Waals surface area contributed by atoms with Crippen molar-refractivity contribution in [2.24, 2.45) is 0 Å². The van der Waals surface area contributed by atoms with Crippen LogP contribution >= 0.6 is 0 Å². The van der Waals surface area contributed by atoms with Crippen molar-refractivity contribution in [2.75, 3.05) is 0 Å². The second kappa shape index (κ2) is 6.29. The molecule has 0 spiro atoms. The molecule has 1 atom stereocenters. The number of carboxylic acids is 1. The summed E-state index contributed by atoms with van der Waals surface area (Å²) >= 11 is 0. The van der Waals surface area contributed by atoms with Gasteiger partial charge in [-0.05, 0) is 24.4 Å². The molecule has 1 aliphatic rings. The molecule has 3 aromatic rings. The lowest BCUT2D eigenvalue weighted by Crippen LogP contribution is -2.50. The number of carboxylic acid groups (broad SMARTS) is 1. The van der Waals surface area contributed by atoms with Gasteiger partial charge in [0.25, 0.3) is 0 Å². The minimum Gasteiger partial charge on any atom is -0.480 e. The van der Waals surface area contributed by atoms with Crippen molar-refractivity contribution in [3.63, 3.8) is 0 Å². The van der Waals surface area contributed by atoms with Gasteiger partial charge in [-0.1, -0.05) is 18.2 Å². The zero-order chi connectivity index (χ0) is 18.3. The quantitative estimate of drug-likeness (QED) is 0.766. The summed E-state index contributed by atoms with van der Waals surface area (Å²) in [5, 5.41) is 18.7. The van der Waals surface area contributed by atoms with E-state index in [2.05, 4.69) is 10.2 Å². The van der Waals surface area contributed by atoms with Gasteiger partial charge in [0.1, 0.15) is 11.9 Å². The number of hydrogen-bond acceptors (Lipinski definition) is 4. The number of aryl methyl sites for hydroxylation is 2. The third kappa shape index (κ3) is 2.73. The largest absolute Gasteiger partial charge is 0.480 e. The topological polar surface area (TPSA) is 93.2 Å². The maximum Gasteiger partial charge on any atom is 0.328 e. The van der Waals surface area contributed by atoms with Crippen LogP contribution in [0.1, 0.15) is 18.1 Å².